The number of aryl methyl sites for hydroxylation is 1. The minimum Gasteiger partial charge on any atom is -0.469 e. The van der Waals surface area contributed by atoms with Crippen LogP contribution in [-0.2, 0) is 20.7 Å². The van der Waals surface area contributed by atoms with Crippen LogP contribution >= 0.6 is 0 Å². The molecule has 0 fully saturated rings. The lowest BCUT2D eigenvalue weighted by Crippen LogP contribution is -2.30. The van der Waals surface area contributed by atoms with E-state index in [4.69, 9.17) is 10.5 Å². The van der Waals surface area contributed by atoms with Crippen LogP contribution in [0.15, 0.2) is 54.6 Å². The minimum atomic E-state index is -0.403. The summed E-state index contributed by atoms with van der Waals surface area (Å²) < 4.78 is 4.72. The number of esters is 1. The van der Waals surface area contributed by atoms with Crippen molar-refractivity contribution in [2.24, 2.45) is 0 Å². The summed E-state index contributed by atoms with van der Waals surface area (Å²) in [6, 6.07) is 16.5. The van der Waals surface area contributed by atoms with Crippen molar-refractivity contribution in [1.29, 1.82) is 0 Å². The molecule has 0 radical (unpaired) electrons. The number of hydrogen-bond donors (Lipinski definition) is 2. The SMILES string of the molecule is COC(=O)CC(NC(=O)CCc1ccccc1N)c1ccccc1. The zero-order valence-electron chi connectivity index (χ0n) is 13.7. The van der Waals surface area contributed by atoms with Crippen LogP contribution < -0.4 is 11.1 Å². The van der Waals surface area contributed by atoms with Crippen molar-refractivity contribution in [3.05, 3.63) is 65.7 Å². The Kier molecular flexibility index (Phi) is 6.37. The summed E-state index contributed by atoms with van der Waals surface area (Å²) in [5.74, 6) is -0.493. The highest BCUT2D eigenvalue weighted by atomic mass is 16.5. The van der Waals surface area contributed by atoms with Crippen molar-refractivity contribution in [2.75, 3.05) is 12.8 Å². The molecule has 24 heavy (non-hydrogen) atoms. The van der Waals surface area contributed by atoms with Gasteiger partial charge in [0, 0.05) is 12.1 Å². The van der Waals surface area contributed by atoms with Crippen molar-refractivity contribution in [1.82, 2.24) is 5.32 Å². The minimum absolute atomic E-state index is 0.0970. The number of hydrogen-bond acceptors (Lipinski definition) is 4. The van der Waals surface area contributed by atoms with Crippen LogP contribution in [0, 0.1) is 0 Å². The molecule has 0 saturated heterocycles. The molecule has 1 amide bonds. The first-order valence-corrected chi connectivity index (χ1v) is 7.84. The van der Waals surface area contributed by atoms with E-state index < -0.39 is 6.04 Å². The number of nitrogens with one attached hydrogen (secondary N) is 1. The Morgan fingerprint density at radius 1 is 1.08 bits per heavy atom. The quantitative estimate of drug-likeness (QED) is 0.605. The predicted octanol–water partition coefficient (Wildman–Crippen LogP) is 2.62. The highest BCUT2D eigenvalue weighted by molar-refractivity contribution is 5.78. The van der Waals surface area contributed by atoms with Crippen molar-refractivity contribution in [2.45, 2.75) is 25.3 Å². The van der Waals surface area contributed by atoms with Gasteiger partial charge < -0.3 is 15.8 Å². The van der Waals surface area contributed by atoms with Crippen LogP contribution in [-0.4, -0.2) is 19.0 Å². The molecule has 0 heterocycles. The van der Waals surface area contributed by atoms with Crippen LogP contribution in [0.5, 0.6) is 0 Å². The van der Waals surface area contributed by atoms with E-state index in [-0.39, 0.29) is 18.3 Å². The van der Waals surface area contributed by atoms with E-state index in [0.717, 1.165) is 11.1 Å². The number of ether oxygens (including phenoxy) is 1. The molecule has 1 atom stereocenters. The van der Waals surface area contributed by atoms with Gasteiger partial charge in [0.05, 0.1) is 19.6 Å². The normalized spacial score (nSPS) is 11.5. The van der Waals surface area contributed by atoms with Gasteiger partial charge in [-0.2, -0.15) is 0 Å². The van der Waals surface area contributed by atoms with Gasteiger partial charge in [-0.25, -0.2) is 0 Å². The molecule has 1 unspecified atom stereocenters. The summed E-state index contributed by atoms with van der Waals surface area (Å²) in [7, 11) is 1.34. The maximum absolute atomic E-state index is 12.3. The van der Waals surface area contributed by atoms with Gasteiger partial charge in [-0.1, -0.05) is 48.5 Å². The first kappa shape index (κ1) is 17.5. The molecule has 5 heteroatoms. The average molecular weight is 326 g/mol. The Bertz CT molecular complexity index is 686. The Hall–Kier alpha value is -2.82. The summed E-state index contributed by atoms with van der Waals surface area (Å²) >= 11 is 0. The molecule has 0 bridgehead atoms. The fourth-order valence-corrected chi connectivity index (χ4v) is 2.46. The maximum Gasteiger partial charge on any atom is 0.307 e. The summed E-state index contributed by atoms with van der Waals surface area (Å²) in [5.41, 5.74) is 8.38. The number of methoxy groups -OCH3 is 1. The van der Waals surface area contributed by atoms with Crippen molar-refractivity contribution in [3.63, 3.8) is 0 Å². The molecule has 126 valence electrons. The number of amides is 1. The fraction of sp³-hybridized carbons (Fsp3) is 0.263. The molecule has 5 nitrogen and oxygen atoms in total. The second-order valence-corrected chi connectivity index (χ2v) is 5.51. The number of anilines is 1. The van der Waals surface area contributed by atoms with E-state index in [2.05, 4.69) is 5.32 Å². The highest BCUT2D eigenvalue weighted by Crippen LogP contribution is 2.18. The number of nitrogens with two attached hydrogens (primary N) is 1. The van der Waals surface area contributed by atoms with E-state index in [1.807, 2.05) is 54.6 Å². The van der Waals surface area contributed by atoms with E-state index in [9.17, 15) is 9.59 Å². The van der Waals surface area contributed by atoms with Crippen LogP contribution in [0.3, 0.4) is 0 Å². The van der Waals surface area contributed by atoms with E-state index in [1.165, 1.54) is 7.11 Å². The largest absolute Gasteiger partial charge is 0.469 e. The molecule has 0 aliphatic heterocycles. The Morgan fingerprint density at radius 2 is 1.75 bits per heavy atom. The first-order chi connectivity index (χ1) is 11.6. The zero-order chi connectivity index (χ0) is 17.4. The van der Waals surface area contributed by atoms with Gasteiger partial charge in [0.2, 0.25) is 5.91 Å². The predicted molar refractivity (Wildman–Crippen MR) is 93.1 cm³/mol. The lowest BCUT2D eigenvalue weighted by molar-refractivity contribution is -0.141. The monoisotopic (exact) mass is 326 g/mol. The third-order valence-corrected chi connectivity index (χ3v) is 3.81. The lowest BCUT2D eigenvalue weighted by Gasteiger charge is -2.18. The van der Waals surface area contributed by atoms with E-state index in [0.29, 0.717) is 18.5 Å². The molecule has 0 aromatic heterocycles. The number of carbonyl (C=O) groups excluding carboxylic acids is 2. The van der Waals surface area contributed by atoms with E-state index in [1.54, 1.807) is 0 Å². The lowest BCUT2D eigenvalue weighted by atomic mass is 10.0. The molecule has 2 aromatic rings. The summed E-state index contributed by atoms with van der Waals surface area (Å²) in [5, 5.41) is 2.91. The van der Waals surface area contributed by atoms with Gasteiger partial charge in [0.1, 0.15) is 0 Å². The topological polar surface area (TPSA) is 81.4 Å². The molecule has 2 rings (SSSR count). The molecule has 0 aliphatic rings. The highest BCUT2D eigenvalue weighted by Gasteiger charge is 2.18. The third kappa shape index (κ3) is 5.12. The van der Waals surface area contributed by atoms with E-state index >= 15 is 0 Å². The average Bonchev–Trinajstić information content (AvgIpc) is 2.61. The first-order valence-electron chi connectivity index (χ1n) is 7.84. The van der Waals surface area contributed by atoms with Crippen LogP contribution in [0.1, 0.15) is 30.0 Å². The summed E-state index contributed by atoms with van der Waals surface area (Å²) in [4.78, 5) is 23.9. The number of carbonyl (C=O) groups is 2. The number of benzene rings is 2. The molecule has 0 spiro atoms. The molecular weight excluding hydrogens is 304 g/mol. The zero-order valence-corrected chi connectivity index (χ0v) is 13.7. The Balaban J connectivity index is 1.99. The van der Waals surface area contributed by atoms with Gasteiger partial charge in [-0.05, 0) is 23.6 Å². The Morgan fingerprint density at radius 3 is 2.42 bits per heavy atom. The second kappa shape index (κ2) is 8.72. The number of para-hydroxylation sites is 1. The van der Waals surface area contributed by atoms with Crippen molar-refractivity contribution in [3.8, 4) is 0 Å². The second-order valence-electron chi connectivity index (χ2n) is 5.51. The molecule has 3 N–H and O–H groups in total. The van der Waals surface area contributed by atoms with Crippen molar-refractivity contribution < 1.29 is 14.3 Å². The van der Waals surface area contributed by atoms with Gasteiger partial charge >= 0.3 is 5.97 Å². The van der Waals surface area contributed by atoms with Gasteiger partial charge in [-0.3, -0.25) is 9.59 Å². The summed E-state index contributed by atoms with van der Waals surface area (Å²) in [6.07, 6.45) is 0.955. The van der Waals surface area contributed by atoms with Crippen molar-refractivity contribution >= 4 is 17.6 Å². The smallest absolute Gasteiger partial charge is 0.307 e. The molecule has 0 aliphatic carbocycles. The van der Waals surface area contributed by atoms with Crippen LogP contribution in [0.25, 0.3) is 0 Å². The third-order valence-electron chi connectivity index (χ3n) is 3.81. The maximum atomic E-state index is 12.3. The number of nitrogen functional groups attached to an aromatic ring is 1. The number of rotatable bonds is 7. The van der Waals surface area contributed by atoms with Crippen LogP contribution in [0.2, 0.25) is 0 Å². The van der Waals surface area contributed by atoms with Crippen LogP contribution in [0.4, 0.5) is 5.69 Å². The Labute approximate surface area is 141 Å². The van der Waals surface area contributed by atoms with Gasteiger partial charge in [-0.15, -0.1) is 0 Å². The van der Waals surface area contributed by atoms with Gasteiger partial charge in [0.25, 0.3) is 0 Å². The summed E-state index contributed by atoms with van der Waals surface area (Å²) in [6.45, 7) is 0. The molecule has 2 aromatic carbocycles. The van der Waals surface area contributed by atoms with Gasteiger partial charge in [0.15, 0.2) is 0 Å². The fourth-order valence-electron chi connectivity index (χ4n) is 2.46. The molecular formula is C19H22N2O3. The molecule has 0 saturated carbocycles. The standard InChI is InChI=1S/C19H22N2O3/c1-24-19(23)13-17(15-8-3-2-4-9-15)21-18(22)12-11-14-7-5-6-10-16(14)20/h2-10,17H,11-13,20H2,1H3,(H,21,22).